The van der Waals surface area contributed by atoms with Crippen LogP contribution in [0.4, 0.5) is 11.4 Å². The molecular weight excluding hydrogens is 244 g/mol. The van der Waals surface area contributed by atoms with Crippen LogP contribution in [0, 0.1) is 6.92 Å². The molecule has 0 saturated heterocycles. The first-order valence-corrected chi connectivity index (χ1v) is 6.09. The van der Waals surface area contributed by atoms with E-state index in [0.29, 0.717) is 17.9 Å². The van der Waals surface area contributed by atoms with Gasteiger partial charge < -0.3 is 16.8 Å². The number of hydrogen-bond donors (Lipinski definition) is 3. The number of primary amides is 1. The number of likely N-dealkylation sites (N-methyl/N-ethyl adjacent to an activating group) is 1. The topological polar surface area (TPSA) is 101 Å². The molecular formula is C13H20N4O2. The molecule has 0 fully saturated rings. The van der Waals surface area contributed by atoms with Gasteiger partial charge in [0, 0.05) is 0 Å². The molecule has 0 aliphatic carbocycles. The molecule has 0 spiro atoms. The number of para-hydroxylation sites is 1. The van der Waals surface area contributed by atoms with Crippen molar-refractivity contribution >= 4 is 23.2 Å². The summed E-state index contributed by atoms with van der Waals surface area (Å²) in [5, 5.41) is 2.76. The first-order valence-electron chi connectivity index (χ1n) is 6.09. The highest BCUT2D eigenvalue weighted by Gasteiger charge is 2.13. The fourth-order valence-corrected chi connectivity index (χ4v) is 1.74. The number of nitrogens with two attached hydrogens (primary N) is 2. The van der Waals surface area contributed by atoms with E-state index in [1.54, 1.807) is 11.0 Å². The van der Waals surface area contributed by atoms with Gasteiger partial charge in [-0.15, -0.1) is 0 Å². The summed E-state index contributed by atoms with van der Waals surface area (Å²) < 4.78 is 0. The Hall–Kier alpha value is -2.08. The van der Waals surface area contributed by atoms with E-state index >= 15 is 0 Å². The maximum atomic E-state index is 11.9. The number of carbonyl (C=O) groups is 2. The molecule has 0 bridgehead atoms. The van der Waals surface area contributed by atoms with Crippen molar-refractivity contribution in [3.8, 4) is 0 Å². The summed E-state index contributed by atoms with van der Waals surface area (Å²) in [5.74, 6) is -0.672. The Morgan fingerprint density at radius 1 is 1.32 bits per heavy atom. The van der Waals surface area contributed by atoms with Gasteiger partial charge in [0.25, 0.3) is 0 Å². The minimum absolute atomic E-state index is 0.0627. The van der Waals surface area contributed by atoms with Crippen molar-refractivity contribution in [3.05, 3.63) is 23.8 Å². The maximum Gasteiger partial charge on any atom is 0.238 e. The van der Waals surface area contributed by atoms with Crippen molar-refractivity contribution < 1.29 is 9.59 Å². The average molecular weight is 264 g/mol. The highest BCUT2D eigenvalue weighted by molar-refractivity contribution is 5.96. The van der Waals surface area contributed by atoms with Crippen LogP contribution in [0.25, 0.3) is 0 Å². The van der Waals surface area contributed by atoms with Crippen molar-refractivity contribution in [1.82, 2.24) is 4.90 Å². The van der Waals surface area contributed by atoms with Crippen molar-refractivity contribution in [2.45, 2.75) is 13.8 Å². The molecule has 104 valence electrons. The third-order valence-corrected chi connectivity index (χ3v) is 2.76. The number of nitrogens with one attached hydrogen (secondary N) is 1. The lowest BCUT2D eigenvalue weighted by molar-refractivity contribution is -0.121. The predicted octanol–water partition coefficient (Wildman–Crippen LogP) is 0.323. The van der Waals surface area contributed by atoms with Gasteiger partial charge in [-0.05, 0) is 25.1 Å². The van der Waals surface area contributed by atoms with E-state index in [-0.39, 0.29) is 19.0 Å². The zero-order chi connectivity index (χ0) is 14.4. The Balaban J connectivity index is 2.67. The Kier molecular flexibility index (Phi) is 5.32. The second-order valence-electron chi connectivity index (χ2n) is 4.36. The molecule has 1 rings (SSSR count). The number of rotatable bonds is 6. The van der Waals surface area contributed by atoms with Crippen LogP contribution in [-0.2, 0) is 9.59 Å². The third-order valence-electron chi connectivity index (χ3n) is 2.76. The van der Waals surface area contributed by atoms with Gasteiger partial charge in [0.15, 0.2) is 0 Å². The second-order valence-corrected chi connectivity index (χ2v) is 4.36. The molecule has 0 aliphatic rings. The van der Waals surface area contributed by atoms with E-state index in [4.69, 9.17) is 11.5 Å². The van der Waals surface area contributed by atoms with Crippen molar-refractivity contribution in [1.29, 1.82) is 0 Å². The first-order chi connectivity index (χ1) is 8.93. The number of nitrogens with zero attached hydrogens (tertiary/aromatic N) is 1. The number of anilines is 2. The van der Waals surface area contributed by atoms with Crippen molar-refractivity contribution in [2.24, 2.45) is 5.73 Å². The van der Waals surface area contributed by atoms with E-state index in [9.17, 15) is 9.59 Å². The minimum atomic E-state index is -0.454. The molecule has 0 saturated carbocycles. The van der Waals surface area contributed by atoms with E-state index in [1.165, 1.54) is 0 Å². The lowest BCUT2D eigenvalue weighted by Gasteiger charge is -2.18. The van der Waals surface area contributed by atoms with Gasteiger partial charge in [-0.3, -0.25) is 14.5 Å². The quantitative estimate of drug-likeness (QED) is 0.644. The summed E-state index contributed by atoms with van der Waals surface area (Å²) in [6, 6.07) is 5.42. The van der Waals surface area contributed by atoms with Gasteiger partial charge in [0.2, 0.25) is 11.8 Å². The summed E-state index contributed by atoms with van der Waals surface area (Å²) in [4.78, 5) is 24.4. The maximum absolute atomic E-state index is 11.9. The molecule has 19 heavy (non-hydrogen) atoms. The van der Waals surface area contributed by atoms with Crippen LogP contribution in [0.5, 0.6) is 0 Å². The minimum Gasteiger partial charge on any atom is -0.397 e. The number of carbonyl (C=O) groups excluding carboxylic acids is 2. The number of nitrogen functional groups attached to an aromatic ring is 1. The highest BCUT2D eigenvalue weighted by atomic mass is 16.2. The zero-order valence-electron chi connectivity index (χ0n) is 11.3. The van der Waals surface area contributed by atoms with Gasteiger partial charge in [-0.25, -0.2) is 0 Å². The fraction of sp³-hybridized carbons (Fsp3) is 0.385. The Morgan fingerprint density at radius 2 is 2.00 bits per heavy atom. The number of hydrogen-bond acceptors (Lipinski definition) is 4. The molecule has 1 aromatic carbocycles. The predicted molar refractivity (Wildman–Crippen MR) is 75.5 cm³/mol. The van der Waals surface area contributed by atoms with E-state index in [1.807, 2.05) is 26.0 Å². The fourth-order valence-electron chi connectivity index (χ4n) is 1.74. The Bertz CT molecular complexity index is 453. The van der Waals surface area contributed by atoms with Gasteiger partial charge in [-0.2, -0.15) is 0 Å². The van der Waals surface area contributed by atoms with Crippen LogP contribution in [-0.4, -0.2) is 36.3 Å². The van der Waals surface area contributed by atoms with E-state index in [2.05, 4.69) is 5.32 Å². The molecule has 0 aromatic heterocycles. The Morgan fingerprint density at radius 3 is 2.53 bits per heavy atom. The SMILES string of the molecule is CCN(CC(N)=O)CC(=O)Nc1c(C)cccc1N. The average Bonchev–Trinajstić information content (AvgIpc) is 2.32. The first kappa shape index (κ1) is 15.0. The van der Waals surface area contributed by atoms with Crippen LogP contribution in [0.3, 0.4) is 0 Å². The number of aryl methyl sites for hydroxylation is 1. The van der Waals surface area contributed by atoms with Gasteiger partial charge in [0.1, 0.15) is 0 Å². The van der Waals surface area contributed by atoms with Crippen LogP contribution in [0.15, 0.2) is 18.2 Å². The molecule has 1 aromatic rings. The molecule has 6 nitrogen and oxygen atoms in total. The smallest absolute Gasteiger partial charge is 0.238 e. The molecule has 0 unspecified atom stereocenters. The summed E-state index contributed by atoms with van der Waals surface area (Å²) in [6.07, 6.45) is 0. The van der Waals surface area contributed by atoms with Gasteiger partial charge in [-0.1, -0.05) is 19.1 Å². The van der Waals surface area contributed by atoms with Crippen LogP contribution in [0.2, 0.25) is 0 Å². The highest BCUT2D eigenvalue weighted by Crippen LogP contribution is 2.22. The van der Waals surface area contributed by atoms with Crippen LogP contribution in [0.1, 0.15) is 12.5 Å². The molecule has 6 heteroatoms. The van der Waals surface area contributed by atoms with Crippen molar-refractivity contribution in [3.63, 3.8) is 0 Å². The van der Waals surface area contributed by atoms with E-state index in [0.717, 1.165) is 5.56 Å². The molecule has 0 radical (unpaired) electrons. The molecule has 0 heterocycles. The summed E-state index contributed by atoms with van der Waals surface area (Å²) >= 11 is 0. The normalized spacial score (nSPS) is 10.5. The monoisotopic (exact) mass is 264 g/mol. The lowest BCUT2D eigenvalue weighted by atomic mass is 10.1. The summed E-state index contributed by atoms with van der Waals surface area (Å²) in [5.41, 5.74) is 13.0. The van der Waals surface area contributed by atoms with Crippen LogP contribution >= 0.6 is 0 Å². The molecule has 0 aliphatic heterocycles. The zero-order valence-corrected chi connectivity index (χ0v) is 11.3. The van der Waals surface area contributed by atoms with Gasteiger partial charge in [0.05, 0.1) is 24.5 Å². The third kappa shape index (κ3) is 4.59. The Labute approximate surface area is 112 Å². The molecule has 0 atom stereocenters. The molecule has 2 amide bonds. The van der Waals surface area contributed by atoms with Gasteiger partial charge >= 0.3 is 0 Å². The number of benzene rings is 1. The summed E-state index contributed by atoms with van der Waals surface area (Å²) in [7, 11) is 0. The number of amides is 2. The second kappa shape index (κ2) is 6.75. The van der Waals surface area contributed by atoms with Crippen LogP contribution < -0.4 is 16.8 Å². The van der Waals surface area contributed by atoms with E-state index < -0.39 is 5.91 Å². The van der Waals surface area contributed by atoms with Crippen molar-refractivity contribution in [2.75, 3.05) is 30.7 Å². The standard InChI is InChI=1S/C13H20N4O2/c1-3-17(7-11(15)18)8-12(19)16-13-9(2)5-4-6-10(13)14/h4-6H,3,7-8,14H2,1-2H3,(H2,15,18)(H,16,19). The molecule has 5 N–H and O–H groups in total. The largest absolute Gasteiger partial charge is 0.397 e. The summed E-state index contributed by atoms with van der Waals surface area (Å²) in [6.45, 7) is 4.46. The lowest BCUT2D eigenvalue weighted by Crippen LogP contribution is -2.39.